The maximum atomic E-state index is 10.2. The van der Waals surface area contributed by atoms with Gasteiger partial charge in [-0.1, -0.05) is 259 Å². The molecule has 0 aliphatic carbocycles. The van der Waals surface area contributed by atoms with Crippen LogP contribution in [0.4, 0.5) is 0 Å². The molecule has 0 aromatic carbocycles. The first-order valence-corrected chi connectivity index (χ1v) is 30.1. The molecule has 66 heavy (non-hydrogen) atoms. The van der Waals surface area contributed by atoms with Gasteiger partial charge in [0.2, 0.25) is 0 Å². The van der Waals surface area contributed by atoms with Crippen molar-refractivity contribution in [2.45, 2.75) is 285 Å². The van der Waals surface area contributed by atoms with E-state index in [1.54, 1.807) is 0 Å². The number of unbranched alkanes of at least 4 members (excludes halogenated alkanes) is 36. The normalized spacial score (nSPS) is 11.3. The Bertz CT molecular complexity index is 1110. The van der Waals surface area contributed by atoms with Gasteiger partial charge in [-0.25, -0.2) is 8.37 Å². The van der Waals surface area contributed by atoms with Crippen molar-refractivity contribution in [3.63, 3.8) is 0 Å². The monoisotopic (exact) mass is 1030 g/mol. The molecule has 0 aliphatic heterocycles. The zero-order valence-electron chi connectivity index (χ0n) is 43.7. The molecule has 13 nitrogen and oxygen atoms in total. The maximum absolute atomic E-state index is 10.2. The van der Waals surface area contributed by atoms with E-state index >= 15 is 0 Å². The van der Waals surface area contributed by atoms with Crippen LogP contribution in [0.2, 0.25) is 0 Å². The number of rotatable bonds is 46. The van der Waals surface area contributed by atoms with Gasteiger partial charge >= 0.3 is 79.9 Å². The Hall–Kier alpha value is 1.57. The second-order valence-corrected chi connectivity index (χ2v) is 20.2. The fourth-order valence-corrected chi connectivity index (χ4v) is 7.65. The Labute approximate surface area is 453 Å². The molecule has 0 aliphatic rings. The summed E-state index contributed by atoms with van der Waals surface area (Å²) in [6.45, 7) is 11.2. The van der Waals surface area contributed by atoms with E-state index in [-0.39, 0.29) is 72.3 Å². The van der Waals surface area contributed by atoms with Crippen molar-refractivity contribution in [2.24, 2.45) is 0 Å². The van der Waals surface area contributed by atoms with E-state index in [9.17, 15) is 16.8 Å². The molecule has 0 bridgehead atoms. The predicted octanol–water partition coefficient (Wildman–Crippen LogP) is 8.97. The molecule has 0 saturated carbocycles. The van der Waals surface area contributed by atoms with Crippen LogP contribution in [0.15, 0.2) is 0 Å². The van der Waals surface area contributed by atoms with Crippen molar-refractivity contribution in [1.29, 1.82) is 0 Å². The third kappa shape index (κ3) is 103. The molecule has 18 heteroatoms. The fraction of sp³-hybridized carbons (Fsp3) is 1.00. The van der Waals surface area contributed by atoms with E-state index in [1.807, 2.05) is 0 Å². The summed E-state index contributed by atoms with van der Waals surface area (Å²) in [6, 6.07) is 0. The molecule has 0 heterocycles. The molecule has 0 unspecified atom stereocenters. The zero-order valence-corrected chi connectivity index (χ0v) is 50.2. The van der Waals surface area contributed by atoms with Crippen LogP contribution in [0.1, 0.15) is 285 Å². The summed E-state index contributed by atoms with van der Waals surface area (Å²) in [6.07, 6.45) is 51.9. The summed E-state index contributed by atoms with van der Waals surface area (Å²) >= 11 is 0. The van der Waals surface area contributed by atoms with Crippen molar-refractivity contribution in [3.8, 4) is 0 Å². The molecule has 2 N–H and O–H groups in total. The summed E-state index contributed by atoms with van der Waals surface area (Å²) in [5, 5.41) is 0. The minimum Gasteiger partial charge on any atom is -0.759 e. The Morgan fingerprint density at radius 1 is 0.288 bits per heavy atom. The van der Waals surface area contributed by atoms with Gasteiger partial charge in [0, 0.05) is 23.6 Å². The minimum absolute atomic E-state index is 0. The first kappa shape index (κ1) is 79.0. The van der Waals surface area contributed by atoms with Crippen LogP contribution in [0.3, 0.4) is 0 Å². The van der Waals surface area contributed by atoms with Crippen LogP contribution in [-0.2, 0) is 44.3 Å². The average Bonchev–Trinajstić information content (AvgIpc) is 3.21. The summed E-state index contributed by atoms with van der Waals surface area (Å²) in [7, 11) is -13.6. The van der Waals surface area contributed by atoms with Gasteiger partial charge in [0.1, 0.15) is 0 Å². The van der Waals surface area contributed by atoms with Gasteiger partial charge in [0.15, 0.2) is 0 Å². The first-order valence-electron chi connectivity index (χ1n) is 26.0. The van der Waals surface area contributed by atoms with Crippen LogP contribution in [0.5, 0.6) is 0 Å². The Kier molecular flexibility index (Phi) is 77.3. The zero-order chi connectivity index (χ0) is 48.7. The van der Waals surface area contributed by atoms with E-state index < -0.39 is 31.2 Å². The van der Waals surface area contributed by atoms with Crippen LogP contribution in [-0.4, -0.2) is 69.9 Å². The Balaban J connectivity index is -0.000000196. The fourth-order valence-electron chi connectivity index (χ4n) is 6.99. The minimum atomic E-state index is -5.17. The van der Waals surface area contributed by atoms with Crippen molar-refractivity contribution < 1.29 is 116 Å². The Morgan fingerprint density at radius 3 is 0.576 bits per heavy atom. The van der Waals surface area contributed by atoms with Crippen LogP contribution in [0.25, 0.3) is 0 Å². The van der Waals surface area contributed by atoms with E-state index in [0.29, 0.717) is 12.8 Å². The topological polar surface area (TPSA) is 217 Å². The summed E-state index contributed by atoms with van der Waals surface area (Å²) in [4.78, 5) is 0. The molecule has 0 fully saturated rings. The van der Waals surface area contributed by atoms with Crippen LogP contribution in [0, 0.1) is 0 Å². The summed E-state index contributed by atoms with van der Waals surface area (Å²) in [5.74, 6) is 0. The molecular weight excluding hydrogens is 927 g/mol. The largest absolute Gasteiger partial charge is 1.00 e. The number of hydrogen-bond donors (Lipinski definition) is 2. The third-order valence-corrected chi connectivity index (χ3v) is 11.7. The summed E-state index contributed by atoms with van der Waals surface area (Å²) < 4.78 is 106. The van der Waals surface area contributed by atoms with Crippen molar-refractivity contribution in [3.05, 3.63) is 0 Å². The van der Waals surface area contributed by atoms with Gasteiger partial charge in [0.25, 0.3) is 0 Å². The number of ether oxygens (including phenoxy) is 1. The quantitative estimate of drug-likeness (QED) is 0.0252. The van der Waals surface area contributed by atoms with E-state index in [1.165, 1.54) is 218 Å². The predicted molar refractivity (Wildman–Crippen MR) is 264 cm³/mol. The molecule has 0 atom stereocenters. The van der Waals surface area contributed by atoms with E-state index in [2.05, 4.69) is 36.1 Å². The van der Waals surface area contributed by atoms with E-state index in [4.69, 9.17) is 31.4 Å². The molecule has 0 rings (SSSR count). The molecule has 0 amide bonds. The van der Waals surface area contributed by atoms with Crippen LogP contribution >= 0.6 is 0 Å². The molecule has 0 saturated heterocycles. The molecular formula is C48H102Na2O13S3. The van der Waals surface area contributed by atoms with Gasteiger partial charge < -0.3 is 13.8 Å². The first-order chi connectivity index (χ1) is 30.5. The van der Waals surface area contributed by atoms with Gasteiger partial charge in [-0.05, 0) is 25.7 Å². The van der Waals surface area contributed by atoms with Gasteiger partial charge in [-0.15, -0.1) is 0 Å². The van der Waals surface area contributed by atoms with Crippen molar-refractivity contribution in [2.75, 3.05) is 26.4 Å². The van der Waals surface area contributed by atoms with Gasteiger partial charge in [0.05, 0.1) is 13.2 Å². The maximum Gasteiger partial charge on any atom is 1.00 e. The SMILES string of the molecule is CCCCCCCCCCCCOCCCCCCCCCCCC.CCCCCCCCCCCCOS(=O)(=O)O.CCCCCCCCCCCCOS(=O)(=O)O.O=S(=O)([O-])[O-].[Na+].[Na+]. The van der Waals surface area contributed by atoms with Crippen molar-refractivity contribution >= 4 is 31.2 Å². The summed E-state index contributed by atoms with van der Waals surface area (Å²) in [5.41, 5.74) is 0. The van der Waals surface area contributed by atoms with Crippen molar-refractivity contribution in [1.82, 2.24) is 0 Å². The van der Waals surface area contributed by atoms with Gasteiger partial charge in [-0.3, -0.25) is 17.5 Å². The second kappa shape index (κ2) is 64.6. The molecule has 0 radical (unpaired) electrons. The second-order valence-electron chi connectivity index (χ2n) is 17.2. The van der Waals surface area contributed by atoms with E-state index in [0.717, 1.165) is 38.9 Å². The molecule has 0 aromatic heterocycles. The molecule has 0 spiro atoms. The average molecular weight is 1030 g/mol. The van der Waals surface area contributed by atoms with Gasteiger partial charge in [-0.2, -0.15) is 16.8 Å². The third-order valence-electron chi connectivity index (χ3n) is 10.7. The molecule has 0 aromatic rings. The smallest absolute Gasteiger partial charge is 0.759 e. The number of hydrogen-bond acceptors (Lipinski definition) is 11. The standard InChI is InChI=1S/C24H50O.2C12H26O4S.2Na.H2O4S/c1-3-5-7-9-11-13-15-17-19-21-23-25-24-22-20-18-16-14-12-10-8-6-4-2;2*1-2-3-4-5-6-7-8-9-10-11-12-16-17(13,14)15;;;1-5(2,3)4/h3-24H2,1-2H3;2*2-12H2,1H3,(H,13,14,15);;;(H2,1,2,3,4)/q;;;2*+1;/p-2. The van der Waals surface area contributed by atoms with Crippen LogP contribution < -0.4 is 59.1 Å². The Morgan fingerprint density at radius 2 is 0.424 bits per heavy atom. The molecule has 392 valence electrons.